The molecule has 1 N–H and O–H groups in total. The summed E-state index contributed by atoms with van der Waals surface area (Å²) in [7, 11) is 0. The van der Waals surface area contributed by atoms with E-state index in [2.05, 4.69) is 15.3 Å². The number of nitrogens with one attached hydrogen (secondary N) is 1. The fraction of sp³-hybridized carbons (Fsp3) is 0.440. The zero-order valence-electron chi connectivity index (χ0n) is 18.9. The molecule has 166 valence electrons. The van der Waals surface area contributed by atoms with Crippen LogP contribution >= 0.6 is 0 Å². The van der Waals surface area contributed by atoms with Crippen LogP contribution in [0.2, 0.25) is 0 Å². The Kier molecular flexibility index (Phi) is 5.41. The van der Waals surface area contributed by atoms with Crippen LogP contribution in [0.4, 0.5) is 11.8 Å². The third-order valence-corrected chi connectivity index (χ3v) is 6.41. The molecule has 0 bridgehead atoms. The minimum Gasteiger partial charge on any atom is -0.465 e. The highest BCUT2D eigenvalue weighted by atomic mass is 16.3. The molecule has 3 aromatic heterocycles. The number of fused-ring (bicyclic) bond motifs is 1. The highest BCUT2D eigenvalue weighted by Gasteiger charge is 2.35. The molecule has 0 radical (unpaired) electrons. The van der Waals surface area contributed by atoms with E-state index in [4.69, 9.17) is 9.40 Å². The number of anilines is 2. The lowest BCUT2D eigenvalue weighted by molar-refractivity contribution is 0.0730. The Morgan fingerprint density at radius 1 is 1.06 bits per heavy atom. The van der Waals surface area contributed by atoms with Gasteiger partial charge in [0, 0.05) is 29.9 Å². The van der Waals surface area contributed by atoms with Crippen molar-refractivity contribution in [2.45, 2.75) is 65.3 Å². The zero-order chi connectivity index (χ0) is 22.2. The van der Waals surface area contributed by atoms with Gasteiger partial charge in [0.15, 0.2) is 0 Å². The van der Waals surface area contributed by atoms with Gasteiger partial charge in [0.2, 0.25) is 5.95 Å². The number of carbonyl (C=O) groups is 1. The van der Waals surface area contributed by atoms with Gasteiger partial charge >= 0.3 is 0 Å². The summed E-state index contributed by atoms with van der Waals surface area (Å²) in [5.41, 5.74) is 4.61. The van der Waals surface area contributed by atoms with Crippen LogP contribution in [0.15, 0.2) is 28.7 Å². The molecule has 32 heavy (non-hydrogen) atoms. The van der Waals surface area contributed by atoms with Gasteiger partial charge in [0.05, 0.1) is 17.3 Å². The molecular weight excluding hydrogens is 402 g/mol. The minimum absolute atomic E-state index is 0.0436. The molecule has 1 aliphatic heterocycles. The number of aryl methyl sites for hydroxylation is 4. The van der Waals surface area contributed by atoms with Crippen molar-refractivity contribution in [2.24, 2.45) is 0 Å². The van der Waals surface area contributed by atoms with Crippen molar-refractivity contribution in [3.63, 3.8) is 0 Å². The van der Waals surface area contributed by atoms with Crippen molar-refractivity contribution < 1.29 is 9.21 Å². The van der Waals surface area contributed by atoms with Gasteiger partial charge in [-0.2, -0.15) is 0 Å². The average molecular weight is 432 g/mol. The first-order valence-corrected chi connectivity index (χ1v) is 11.5. The van der Waals surface area contributed by atoms with E-state index in [-0.39, 0.29) is 11.9 Å². The van der Waals surface area contributed by atoms with Crippen LogP contribution in [0.5, 0.6) is 0 Å². The van der Waals surface area contributed by atoms with E-state index in [9.17, 15) is 4.79 Å². The number of pyridine rings is 1. The first kappa shape index (κ1) is 20.7. The molecule has 1 atom stereocenters. The average Bonchev–Trinajstić information content (AvgIpc) is 3.37. The van der Waals surface area contributed by atoms with Crippen molar-refractivity contribution >= 4 is 17.7 Å². The molecule has 3 aromatic rings. The fourth-order valence-electron chi connectivity index (χ4n) is 5.05. The molecule has 7 heteroatoms. The summed E-state index contributed by atoms with van der Waals surface area (Å²) in [6.07, 6.45) is 5.98. The maximum Gasteiger partial charge on any atom is 0.258 e. The minimum atomic E-state index is -0.0436. The maximum absolute atomic E-state index is 13.6. The molecule has 1 unspecified atom stereocenters. The SMILES string of the molecule is Cc1cc(C)nc(Nc2cccc(C3CCCN3C(=O)c3c(C)oc4c3CCCC4)n2)n1. The number of carbonyl (C=O) groups excluding carboxylic acids is 1. The van der Waals surface area contributed by atoms with Crippen LogP contribution in [0, 0.1) is 20.8 Å². The quantitative estimate of drug-likeness (QED) is 0.626. The van der Waals surface area contributed by atoms with Gasteiger partial charge in [-0.05, 0) is 71.1 Å². The summed E-state index contributed by atoms with van der Waals surface area (Å²) < 4.78 is 5.98. The third kappa shape index (κ3) is 3.87. The van der Waals surface area contributed by atoms with Crippen molar-refractivity contribution in [1.82, 2.24) is 19.9 Å². The van der Waals surface area contributed by atoms with Crippen LogP contribution in [0.1, 0.15) is 76.2 Å². The molecule has 1 saturated heterocycles. The van der Waals surface area contributed by atoms with Crippen LogP contribution in [-0.4, -0.2) is 32.3 Å². The summed E-state index contributed by atoms with van der Waals surface area (Å²) in [4.78, 5) is 29.3. The number of furan rings is 1. The fourth-order valence-corrected chi connectivity index (χ4v) is 5.05. The largest absolute Gasteiger partial charge is 0.465 e. The lowest BCUT2D eigenvalue weighted by Crippen LogP contribution is -2.32. The predicted octanol–water partition coefficient (Wildman–Crippen LogP) is 4.99. The molecule has 4 heterocycles. The normalized spacial score (nSPS) is 18.0. The van der Waals surface area contributed by atoms with Gasteiger partial charge in [-0.25, -0.2) is 15.0 Å². The Balaban J connectivity index is 1.41. The summed E-state index contributed by atoms with van der Waals surface area (Å²) in [6, 6.07) is 7.77. The molecule has 1 aliphatic carbocycles. The van der Waals surface area contributed by atoms with Crippen molar-refractivity contribution in [3.05, 3.63) is 64.0 Å². The molecule has 1 amide bonds. The van der Waals surface area contributed by atoms with Crippen molar-refractivity contribution in [2.75, 3.05) is 11.9 Å². The number of likely N-dealkylation sites (tertiary alicyclic amines) is 1. The second-order valence-corrected chi connectivity index (χ2v) is 8.85. The Labute approximate surface area is 188 Å². The number of rotatable bonds is 4. The van der Waals surface area contributed by atoms with Gasteiger partial charge in [-0.15, -0.1) is 0 Å². The molecular formula is C25H29N5O2. The number of hydrogen-bond donors (Lipinski definition) is 1. The van der Waals surface area contributed by atoms with E-state index in [1.807, 2.05) is 49.9 Å². The van der Waals surface area contributed by atoms with Gasteiger partial charge < -0.3 is 14.6 Å². The summed E-state index contributed by atoms with van der Waals surface area (Å²) >= 11 is 0. The number of hydrogen-bond acceptors (Lipinski definition) is 6. The molecule has 0 saturated carbocycles. The van der Waals surface area contributed by atoms with Crippen molar-refractivity contribution in [3.8, 4) is 0 Å². The van der Waals surface area contributed by atoms with E-state index in [1.165, 1.54) is 0 Å². The Hall–Kier alpha value is -3.22. The molecule has 0 spiro atoms. The highest BCUT2D eigenvalue weighted by molar-refractivity contribution is 5.97. The molecule has 0 aromatic carbocycles. The summed E-state index contributed by atoms with van der Waals surface area (Å²) in [6.45, 7) is 6.55. The number of aromatic nitrogens is 3. The number of amides is 1. The lowest BCUT2D eigenvalue weighted by atomic mass is 9.94. The van der Waals surface area contributed by atoms with Gasteiger partial charge in [-0.1, -0.05) is 6.07 Å². The van der Waals surface area contributed by atoms with Gasteiger partial charge in [-0.3, -0.25) is 4.79 Å². The first-order chi connectivity index (χ1) is 15.5. The van der Waals surface area contributed by atoms with E-state index in [0.717, 1.165) is 84.8 Å². The van der Waals surface area contributed by atoms with E-state index >= 15 is 0 Å². The molecule has 2 aliphatic rings. The Bertz CT molecular complexity index is 1150. The van der Waals surface area contributed by atoms with Crippen LogP contribution in [0.25, 0.3) is 0 Å². The first-order valence-electron chi connectivity index (χ1n) is 11.5. The molecule has 1 fully saturated rings. The molecule has 7 nitrogen and oxygen atoms in total. The smallest absolute Gasteiger partial charge is 0.258 e. The lowest BCUT2D eigenvalue weighted by Gasteiger charge is -2.25. The van der Waals surface area contributed by atoms with Crippen LogP contribution < -0.4 is 5.32 Å². The van der Waals surface area contributed by atoms with E-state index in [1.54, 1.807) is 0 Å². The van der Waals surface area contributed by atoms with Crippen LogP contribution in [0.3, 0.4) is 0 Å². The third-order valence-electron chi connectivity index (χ3n) is 6.41. The molecule has 5 rings (SSSR count). The summed E-state index contributed by atoms with van der Waals surface area (Å²) in [5.74, 6) is 3.05. The van der Waals surface area contributed by atoms with Gasteiger partial charge in [0.25, 0.3) is 5.91 Å². The monoisotopic (exact) mass is 431 g/mol. The standard InChI is InChI=1S/C25H29N5O2/c1-15-14-16(2)27-25(26-15)29-22-12-6-9-19(28-22)20-10-7-13-30(20)24(31)23-17(3)32-21-11-5-4-8-18(21)23/h6,9,12,14,20H,4-5,7-8,10-11,13H2,1-3H3,(H,26,27,28,29). The number of nitrogens with zero attached hydrogens (tertiary/aromatic N) is 4. The Morgan fingerprint density at radius 2 is 1.84 bits per heavy atom. The Morgan fingerprint density at radius 3 is 2.66 bits per heavy atom. The van der Waals surface area contributed by atoms with Gasteiger partial charge in [0.1, 0.15) is 17.3 Å². The second kappa shape index (κ2) is 8.37. The second-order valence-electron chi connectivity index (χ2n) is 8.85. The summed E-state index contributed by atoms with van der Waals surface area (Å²) in [5, 5.41) is 3.22. The highest BCUT2D eigenvalue weighted by Crippen LogP contribution is 2.36. The van der Waals surface area contributed by atoms with E-state index in [0.29, 0.717) is 11.8 Å². The van der Waals surface area contributed by atoms with Crippen molar-refractivity contribution in [1.29, 1.82) is 0 Å². The predicted molar refractivity (Wildman–Crippen MR) is 122 cm³/mol. The topological polar surface area (TPSA) is 84.2 Å². The maximum atomic E-state index is 13.6. The zero-order valence-corrected chi connectivity index (χ0v) is 18.9. The van der Waals surface area contributed by atoms with E-state index < -0.39 is 0 Å². The van der Waals surface area contributed by atoms with Crippen LogP contribution in [-0.2, 0) is 12.8 Å².